The third kappa shape index (κ3) is 4.73. The maximum atomic E-state index is 14.9. The minimum absolute atomic E-state index is 0.223. The van der Waals surface area contributed by atoms with Crippen molar-refractivity contribution in [2.75, 3.05) is 13.1 Å². The van der Waals surface area contributed by atoms with Crippen LogP contribution >= 0.6 is 0 Å². The largest absolute Gasteiger partial charge is 0.383 e. The molecule has 0 bridgehead atoms. The highest BCUT2D eigenvalue weighted by Gasteiger charge is 2.14. The summed E-state index contributed by atoms with van der Waals surface area (Å²) in [6.07, 6.45) is 15.1. The summed E-state index contributed by atoms with van der Waals surface area (Å²) in [7, 11) is 0. The molecule has 0 saturated carbocycles. The van der Waals surface area contributed by atoms with Crippen molar-refractivity contribution in [2.24, 2.45) is 16.6 Å². The highest BCUT2D eigenvalue weighted by molar-refractivity contribution is 5.97. The number of rotatable bonds is 6. The number of aliphatic imine (C=N–C) groups is 1. The van der Waals surface area contributed by atoms with Gasteiger partial charge in [-0.3, -0.25) is 4.99 Å². The van der Waals surface area contributed by atoms with Gasteiger partial charge in [-0.05, 0) is 61.7 Å². The summed E-state index contributed by atoms with van der Waals surface area (Å²) < 4.78 is 17.0. The van der Waals surface area contributed by atoms with Gasteiger partial charge in [-0.25, -0.2) is 4.39 Å². The third-order valence-corrected chi connectivity index (χ3v) is 5.99. The summed E-state index contributed by atoms with van der Waals surface area (Å²) in [5, 5.41) is 5.66. The van der Waals surface area contributed by atoms with Gasteiger partial charge in [-0.1, -0.05) is 43.7 Å². The van der Waals surface area contributed by atoms with Gasteiger partial charge in [0, 0.05) is 22.7 Å². The average Bonchev–Trinajstić information content (AvgIpc) is 2.99. The highest BCUT2D eigenvalue weighted by atomic mass is 19.1. The molecule has 30 heavy (non-hydrogen) atoms. The lowest BCUT2D eigenvalue weighted by Gasteiger charge is -2.19. The lowest BCUT2D eigenvalue weighted by atomic mass is 10.0. The molecule has 2 heterocycles. The Balaban J connectivity index is 1.54. The van der Waals surface area contributed by atoms with Crippen molar-refractivity contribution >= 4 is 18.0 Å². The van der Waals surface area contributed by atoms with E-state index in [1.54, 1.807) is 0 Å². The minimum Gasteiger partial charge on any atom is -0.383 e. The van der Waals surface area contributed by atoms with Crippen LogP contribution in [0.2, 0.25) is 0 Å². The van der Waals surface area contributed by atoms with E-state index in [4.69, 9.17) is 5.73 Å². The fraction of sp³-hybridized carbons (Fsp3) is 0.400. The molecule has 1 aliphatic heterocycles. The number of nitrogens with two attached hydrogens (primary N) is 1. The van der Waals surface area contributed by atoms with E-state index >= 15 is 0 Å². The van der Waals surface area contributed by atoms with Crippen molar-refractivity contribution in [1.82, 2.24) is 9.88 Å². The molecular weight excluding hydrogens is 375 g/mol. The molecule has 0 amide bonds. The quantitative estimate of drug-likeness (QED) is 0.572. The molecule has 5 heteroatoms. The van der Waals surface area contributed by atoms with Crippen LogP contribution in [0.4, 0.5) is 4.39 Å². The summed E-state index contributed by atoms with van der Waals surface area (Å²) >= 11 is 0. The van der Waals surface area contributed by atoms with Crippen molar-refractivity contribution in [3.8, 4) is 0 Å². The van der Waals surface area contributed by atoms with Crippen molar-refractivity contribution in [2.45, 2.75) is 45.2 Å². The van der Waals surface area contributed by atoms with Crippen molar-refractivity contribution in [1.29, 1.82) is 0 Å². The summed E-state index contributed by atoms with van der Waals surface area (Å²) in [6, 6.07) is 7.58. The Bertz CT molecular complexity index is 1060. The van der Waals surface area contributed by atoms with Gasteiger partial charge >= 0.3 is 0 Å². The van der Waals surface area contributed by atoms with Crippen LogP contribution in [0.3, 0.4) is 0 Å². The monoisotopic (exact) mass is 406 g/mol. The molecule has 1 aromatic carbocycles. The number of benzene rings is 1. The molecule has 1 saturated heterocycles. The molecule has 4 rings (SSSR count). The lowest BCUT2D eigenvalue weighted by molar-refractivity contribution is 0.459. The molecule has 1 unspecified atom stereocenters. The van der Waals surface area contributed by atoms with E-state index in [9.17, 15) is 4.39 Å². The number of fused-ring (bicyclic) bond motifs is 1. The minimum atomic E-state index is -0.240. The Kier molecular flexibility index (Phi) is 6.48. The molecule has 0 spiro atoms. The van der Waals surface area contributed by atoms with Gasteiger partial charge in [0.1, 0.15) is 11.7 Å². The van der Waals surface area contributed by atoms with Crippen LogP contribution in [0.25, 0.3) is 12.2 Å². The van der Waals surface area contributed by atoms with E-state index in [2.05, 4.69) is 52.2 Å². The van der Waals surface area contributed by atoms with Crippen LogP contribution in [0.15, 0.2) is 47.6 Å². The fourth-order valence-electron chi connectivity index (χ4n) is 4.29. The van der Waals surface area contributed by atoms with Crippen molar-refractivity contribution < 1.29 is 4.39 Å². The molecule has 1 aliphatic carbocycles. The number of piperidine rings is 1. The summed E-state index contributed by atoms with van der Waals surface area (Å²) in [6.45, 7) is 4.61. The molecule has 2 aromatic rings. The van der Waals surface area contributed by atoms with Crippen LogP contribution in [-0.4, -0.2) is 29.5 Å². The van der Waals surface area contributed by atoms with E-state index in [0.29, 0.717) is 29.4 Å². The molecule has 2 aliphatic rings. The summed E-state index contributed by atoms with van der Waals surface area (Å²) in [5.41, 5.74) is 7.48. The second-order valence-electron chi connectivity index (χ2n) is 8.26. The zero-order chi connectivity index (χ0) is 20.9. The molecular formula is C25H31FN4. The van der Waals surface area contributed by atoms with E-state index in [-0.39, 0.29) is 11.9 Å². The summed E-state index contributed by atoms with van der Waals surface area (Å²) in [4.78, 5) is 4.61. The Morgan fingerprint density at radius 1 is 1.27 bits per heavy atom. The topological polar surface area (TPSA) is 55.3 Å². The van der Waals surface area contributed by atoms with E-state index in [1.165, 1.54) is 11.3 Å². The molecule has 3 N–H and O–H groups in total. The van der Waals surface area contributed by atoms with Gasteiger partial charge < -0.3 is 15.6 Å². The number of allylic oxidation sites excluding steroid dienone is 2. The molecule has 1 fully saturated rings. The molecule has 0 radical (unpaired) electrons. The Morgan fingerprint density at radius 2 is 2.10 bits per heavy atom. The molecule has 1 atom stereocenters. The van der Waals surface area contributed by atoms with Crippen LogP contribution in [0.1, 0.15) is 43.7 Å². The van der Waals surface area contributed by atoms with Gasteiger partial charge in [0.2, 0.25) is 0 Å². The molecule has 158 valence electrons. The van der Waals surface area contributed by atoms with Crippen LogP contribution < -0.4 is 21.6 Å². The van der Waals surface area contributed by atoms with Gasteiger partial charge in [0.25, 0.3) is 0 Å². The van der Waals surface area contributed by atoms with Gasteiger partial charge in [-0.15, -0.1) is 0 Å². The van der Waals surface area contributed by atoms with Gasteiger partial charge in [0.15, 0.2) is 0 Å². The normalized spacial score (nSPS) is 19.7. The van der Waals surface area contributed by atoms with Crippen LogP contribution in [-0.2, 0) is 6.54 Å². The maximum absolute atomic E-state index is 14.9. The Labute approximate surface area is 177 Å². The molecule has 4 nitrogen and oxygen atoms in total. The smallest absolute Gasteiger partial charge is 0.128 e. The third-order valence-electron chi connectivity index (χ3n) is 5.99. The second-order valence-corrected chi connectivity index (χ2v) is 8.26. The predicted octanol–water partition coefficient (Wildman–Crippen LogP) is 2.68. The highest BCUT2D eigenvalue weighted by Crippen LogP contribution is 2.14. The van der Waals surface area contributed by atoms with Gasteiger partial charge in [0.05, 0.1) is 12.6 Å². The summed E-state index contributed by atoms with van der Waals surface area (Å²) in [5.74, 6) is 0.647. The second kappa shape index (κ2) is 9.43. The van der Waals surface area contributed by atoms with Crippen molar-refractivity contribution in [3.05, 3.63) is 70.1 Å². The standard InChI is InChI=1S/C25H31FN4/c1-2-4-18-5-3-6-24-19(15-18)11-14-30(24)17-21-8-7-20(16-23(21)26)25(27)29-22-9-12-28-13-10-22/h3,5-8,11,14-16,18,22,28H,2,4,9-10,12-13,17H2,1H3,(H2,27,29). The number of nitrogens with one attached hydrogen (secondary N) is 1. The van der Waals surface area contributed by atoms with Crippen molar-refractivity contribution in [3.63, 3.8) is 0 Å². The number of amidine groups is 1. The number of aromatic nitrogens is 1. The van der Waals surface area contributed by atoms with Gasteiger partial charge in [-0.2, -0.15) is 0 Å². The maximum Gasteiger partial charge on any atom is 0.128 e. The first-order chi connectivity index (χ1) is 14.6. The van der Waals surface area contributed by atoms with E-state index in [1.807, 2.05) is 18.3 Å². The molecule has 1 aromatic heterocycles. The van der Waals surface area contributed by atoms with E-state index in [0.717, 1.165) is 44.1 Å². The Hall–Kier alpha value is -2.66. The first kappa shape index (κ1) is 20.6. The fourth-order valence-corrected chi connectivity index (χ4v) is 4.29. The zero-order valence-electron chi connectivity index (χ0n) is 17.7. The van der Waals surface area contributed by atoms with Crippen LogP contribution in [0.5, 0.6) is 0 Å². The SMILES string of the molecule is CCCC1C=CC=c2c(ccn2Cc2ccc(C(N)=NC3CCNCC3)cc2F)=C1. The number of halogens is 1. The van der Waals surface area contributed by atoms with Crippen LogP contribution in [0, 0.1) is 11.7 Å². The number of hydrogen-bond acceptors (Lipinski definition) is 2. The zero-order valence-corrected chi connectivity index (χ0v) is 17.7. The predicted molar refractivity (Wildman–Crippen MR) is 122 cm³/mol. The first-order valence-corrected chi connectivity index (χ1v) is 11.0. The number of hydrogen-bond donors (Lipinski definition) is 2. The lowest BCUT2D eigenvalue weighted by Crippen LogP contribution is -2.31. The Morgan fingerprint density at radius 3 is 2.87 bits per heavy atom. The van der Waals surface area contributed by atoms with E-state index < -0.39 is 0 Å². The number of nitrogens with zero attached hydrogens (tertiary/aromatic N) is 2. The average molecular weight is 407 g/mol. The first-order valence-electron chi connectivity index (χ1n) is 11.0.